The number of hydrogen-bond donors (Lipinski definition) is 6. The first-order valence-electron chi connectivity index (χ1n) is 9.47. The Labute approximate surface area is 167 Å². The number of hydrogen-bond acceptors (Lipinski definition) is 10. The van der Waals surface area contributed by atoms with Crippen molar-refractivity contribution in [3.63, 3.8) is 0 Å². The van der Waals surface area contributed by atoms with Crippen LogP contribution in [0.1, 0.15) is 18.6 Å². The van der Waals surface area contributed by atoms with Crippen LogP contribution in [0, 0.1) is 0 Å². The van der Waals surface area contributed by atoms with Crippen LogP contribution >= 0.6 is 0 Å². The second kappa shape index (κ2) is 9.75. The Morgan fingerprint density at radius 3 is 2.24 bits per heavy atom. The van der Waals surface area contributed by atoms with Gasteiger partial charge in [0.25, 0.3) is 0 Å². The van der Waals surface area contributed by atoms with Crippen LogP contribution in [0.3, 0.4) is 0 Å². The van der Waals surface area contributed by atoms with E-state index in [1.165, 1.54) is 0 Å². The third-order valence-electron chi connectivity index (χ3n) is 5.15. The molecule has 1 aromatic carbocycles. The average molecular weight is 416 g/mol. The highest BCUT2D eigenvalue weighted by atomic mass is 16.7. The zero-order valence-electron chi connectivity index (χ0n) is 15.9. The Kier molecular flexibility index (Phi) is 7.57. The van der Waals surface area contributed by atoms with Crippen molar-refractivity contribution in [3.05, 3.63) is 35.9 Å². The molecule has 0 bridgehead atoms. The van der Waals surface area contributed by atoms with E-state index in [1.54, 1.807) is 6.92 Å². The Bertz CT molecular complexity index is 631. The van der Waals surface area contributed by atoms with Crippen molar-refractivity contribution in [1.82, 2.24) is 0 Å². The lowest BCUT2D eigenvalue weighted by Gasteiger charge is -2.42. The summed E-state index contributed by atoms with van der Waals surface area (Å²) in [6.07, 6.45) is -12.7. The Balaban J connectivity index is 1.60. The molecular formula is C19H28O10. The maximum atomic E-state index is 10.2. The zero-order chi connectivity index (χ0) is 21.1. The quantitative estimate of drug-likeness (QED) is 0.307. The normalized spacial score (nSPS) is 41.8. The molecule has 0 aliphatic carbocycles. The molecule has 3 rings (SSSR count). The van der Waals surface area contributed by atoms with Crippen molar-refractivity contribution in [2.24, 2.45) is 0 Å². The van der Waals surface area contributed by atoms with E-state index in [1.807, 2.05) is 30.3 Å². The van der Waals surface area contributed by atoms with Crippen molar-refractivity contribution in [3.8, 4) is 0 Å². The van der Waals surface area contributed by atoms with Gasteiger partial charge in [0.1, 0.15) is 42.7 Å². The monoisotopic (exact) mass is 416 g/mol. The number of ether oxygens (including phenoxy) is 4. The van der Waals surface area contributed by atoms with Gasteiger partial charge in [0.05, 0.1) is 19.3 Å². The third-order valence-corrected chi connectivity index (χ3v) is 5.15. The SMILES string of the molecule is CC(O[C@@H]1O[C@H](CO[C@@H]2OC[C@@H](O)[C@H](O)[C@H]2O)[C@@H](O)[C@H](O)[C@H]1O)c1ccccc1. The van der Waals surface area contributed by atoms with E-state index in [4.69, 9.17) is 18.9 Å². The maximum Gasteiger partial charge on any atom is 0.187 e. The smallest absolute Gasteiger partial charge is 0.187 e. The fourth-order valence-corrected chi connectivity index (χ4v) is 3.29. The average Bonchev–Trinajstić information content (AvgIpc) is 2.73. The summed E-state index contributed by atoms with van der Waals surface area (Å²) in [5.74, 6) is 0. The third kappa shape index (κ3) is 5.12. The number of aliphatic hydroxyl groups excluding tert-OH is 6. The van der Waals surface area contributed by atoms with E-state index < -0.39 is 61.4 Å². The van der Waals surface area contributed by atoms with E-state index in [-0.39, 0.29) is 13.2 Å². The summed E-state index contributed by atoms with van der Waals surface area (Å²) < 4.78 is 21.8. The molecule has 1 unspecified atom stereocenters. The second-order valence-electron chi connectivity index (χ2n) is 7.29. The summed E-state index contributed by atoms with van der Waals surface area (Å²) in [7, 11) is 0. The Morgan fingerprint density at radius 2 is 1.55 bits per heavy atom. The van der Waals surface area contributed by atoms with Gasteiger partial charge in [-0.25, -0.2) is 0 Å². The van der Waals surface area contributed by atoms with Gasteiger partial charge in [-0.3, -0.25) is 0 Å². The summed E-state index contributed by atoms with van der Waals surface area (Å²) in [6, 6.07) is 9.21. The second-order valence-corrected chi connectivity index (χ2v) is 7.29. The molecule has 2 aliphatic rings. The fourth-order valence-electron chi connectivity index (χ4n) is 3.29. The van der Waals surface area contributed by atoms with Crippen LogP contribution in [0.25, 0.3) is 0 Å². The molecule has 10 nitrogen and oxygen atoms in total. The van der Waals surface area contributed by atoms with E-state index >= 15 is 0 Å². The van der Waals surface area contributed by atoms with Gasteiger partial charge < -0.3 is 49.6 Å². The number of benzene rings is 1. The molecule has 2 aliphatic heterocycles. The molecule has 6 N–H and O–H groups in total. The molecule has 2 saturated heterocycles. The van der Waals surface area contributed by atoms with Gasteiger partial charge in [0.2, 0.25) is 0 Å². The first-order chi connectivity index (χ1) is 13.8. The summed E-state index contributed by atoms with van der Waals surface area (Å²) >= 11 is 0. The van der Waals surface area contributed by atoms with Crippen molar-refractivity contribution in [2.75, 3.05) is 13.2 Å². The van der Waals surface area contributed by atoms with Crippen molar-refractivity contribution in [1.29, 1.82) is 0 Å². The van der Waals surface area contributed by atoms with Crippen molar-refractivity contribution < 1.29 is 49.6 Å². The van der Waals surface area contributed by atoms with Gasteiger partial charge in [-0.05, 0) is 12.5 Å². The Morgan fingerprint density at radius 1 is 0.897 bits per heavy atom. The van der Waals surface area contributed by atoms with Gasteiger partial charge in [-0.2, -0.15) is 0 Å². The van der Waals surface area contributed by atoms with Gasteiger partial charge in [0, 0.05) is 0 Å². The first kappa shape index (κ1) is 22.5. The molecule has 2 fully saturated rings. The van der Waals surface area contributed by atoms with Crippen LogP contribution < -0.4 is 0 Å². The highest BCUT2D eigenvalue weighted by Gasteiger charge is 2.46. The molecule has 0 amide bonds. The van der Waals surface area contributed by atoms with Crippen molar-refractivity contribution in [2.45, 2.75) is 68.3 Å². The summed E-state index contributed by atoms with van der Waals surface area (Å²) in [4.78, 5) is 0. The highest BCUT2D eigenvalue weighted by molar-refractivity contribution is 5.16. The van der Waals surface area contributed by atoms with Crippen LogP contribution in [0.2, 0.25) is 0 Å². The van der Waals surface area contributed by atoms with Gasteiger partial charge in [0.15, 0.2) is 12.6 Å². The molecule has 10 atom stereocenters. The molecule has 164 valence electrons. The molecule has 29 heavy (non-hydrogen) atoms. The number of aliphatic hydroxyl groups is 6. The first-order valence-corrected chi connectivity index (χ1v) is 9.47. The van der Waals surface area contributed by atoms with Crippen LogP contribution in [0.15, 0.2) is 30.3 Å². The Hall–Kier alpha value is -1.18. The minimum Gasteiger partial charge on any atom is -0.388 e. The van der Waals surface area contributed by atoms with Crippen molar-refractivity contribution >= 4 is 0 Å². The highest BCUT2D eigenvalue weighted by Crippen LogP contribution is 2.28. The summed E-state index contributed by atoms with van der Waals surface area (Å²) in [5, 5.41) is 59.7. The molecule has 2 heterocycles. The predicted octanol–water partition coefficient (Wildman–Crippen LogP) is -1.97. The van der Waals surface area contributed by atoms with Gasteiger partial charge in [-0.1, -0.05) is 30.3 Å². The van der Waals surface area contributed by atoms with Crippen LogP contribution in [-0.2, 0) is 18.9 Å². The summed E-state index contributed by atoms with van der Waals surface area (Å²) in [5.41, 5.74) is 0.836. The lowest BCUT2D eigenvalue weighted by atomic mass is 9.99. The van der Waals surface area contributed by atoms with E-state index in [0.29, 0.717) is 0 Å². The van der Waals surface area contributed by atoms with E-state index in [2.05, 4.69) is 0 Å². The van der Waals surface area contributed by atoms with E-state index in [9.17, 15) is 30.6 Å². The lowest BCUT2D eigenvalue weighted by molar-refractivity contribution is -0.327. The largest absolute Gasteiger partial charge is 0.388 e. The standard InChI is InChI=1S/C19H28O10/c1-9(10-5-3-2-4-6-10)28-19-17(25)15(23)14(22)12(29-19)8-27-18-16(24)13(21)11(20)7-26-18/h2-6,9,11-25H,7-8H2,1H3/t9?,11-,12-,13+,14-,15+,16-,17-,18+,19-/m1/s1. The van der Waals surface area contributed by atoms with E-state index in [0.717, 1.165) is 5.56 Å². The van der Waals surface area contributed by atoms with Crippen LogP contribution in [0.4, 0.5) is 0 Å². The molecule has 0 aromatic heterocycles. The minimum absolute atomic E-state index is 0.237. The molecular weight excluding hydrogens is 388 g/mol. The lowest BCUT2D eigenvalue weighted by Crippen LogP contribution is -2.60. The molecule has 10 heteroatoms. The maximum absolute atomic E-state index is 10.2. The minimum atomic E-state index is -1.55. The van der Waals surface area contributed by atoms with Gasteiger partial charge in [-0.15, -0.1) is 0 Å². The van der Waals surface area contributed by atoms with Gasteiger partial charge >= 0.3 is 0 Å². The zero-order valence-corrected chi connectivity index (χ0v) is 15.9. The van der Waals surface area contributed by atoms with Crippen LogP contribution in [-0.4, -0.2) is 99.2 Å². The topological polar surface area (TPSA) is 158 Å². The van der Waals surface area contributed by atoms with Crippen LogP contribution in [0.5, 0.6) is 0 Å². The molecule has 0 radical (unpaired) electrons. The number of rotatable bonds is 6. The fraction of sp³-hybridized carbons (Fsp3) is 0.684. The molecule has 0 spiro atoms. The molecule has 1 aromatic rings. The molecule has 0 saturated carbocycles. The predicted molar refractivity (Wildman–Crippen MR) is 96.3 cm³/mol. The summed E-state index contributed by atoms with van der Waals surface area (Å²) in [6.45, 7) is 1.20.